The van der Waals surface area contributed by atoms with Crippen molar-refractivity contribution < 1.29 is 9.53 Å². The number of aromatic nitrogens is 2. The Labute approximate surface area is 149 Å². The first-order valence-electron chi connectivity index (χ1n) is 9.74. The Hall–Kier alpha value is -1.69. The highest BCUT2D eigenvalue weighted by Gasteiger charge is 2.30. The van der Waals surface area contributed by atoms with E-state index < -0.39 is 0 Å². The lowest BCUT2D eigenvalue weighted by molar-refractivity contribution is -0.137. The average Bonchev–Trinajstić information content (AvgIpc) is 3.23. The second-order valence-corrected chi connectivity index (χ2v) is 7.51. The number of nitrogens with zero attached hydrogens (tertiary/aromatic N) is 4. The van der Waals surface area contributed by atoms with Crippen molar-refractivity contribution in [3.05, 3.63) is 18.1 Å². The zero-order valence-corrected chi connectivity index (χ0v) is 14.9. The first-order chi connectivity index (χ1) is 12.3. The molecule has 1 amide bonds. The maximum absolute atomic E-state index is 12.7. The fraction of sp³-hybridized carbons (Fsp3) is 0.737. The monoisotopic (exact) mass is 344 g/mol. The predicted molar refractivity (Wildman–Crippen MR) is 95.6 cm³/mol. The Morgan fingerprint density at radius 2 is 1.84 bits per heavy atom. The number of rotatable bonds is 3. The van der Waals surface area contributed by atoms with Gasteiger partial charge in [-0.1, -0.05) is 0 Å². The van der Waals surface area contributed by atoms with Crippen molar-refractivity contribution in [3.63, 3.8) is 0 Å². The fourth-order valence-corrected chi connectivity index (χ4v) is 4.25. The lowest BCUT2D eigenvalue weighted by Crippen LogP contribution is -2.44. The molecule has 1 atom stereocenters. The molecule has 1 aromatic heterocycles. The number of hydrogen-bond acceptors (Lipinski definition) is 5. The number of likely N-dealkylation sites (tertiary alicyclic amines) is 1. The van der Waals surface area contributed by atoms with E-state index in [1.165, 1.54) is 19.3 Å². The van der Waals surface area contributed by atoms with E-state index in [-0.39, 0.29) is 5.92 Å². The second-order valence-electron chi connectivity index (χ2n) is 7.51. The van der Waals surface area contributed by atoms with Gasteiger partial charge in [0.1, 0.15) is 12.1 Å². The molecule has 4 rings (SSSR count). The van der Waals surface area contributed by atoms with E-state index in [0.29, 0.717) is 11.8 Å². The van der Waals surface area contributed by atoms with Gasteiger partial charge in [-0.15, -0.1) is 0 Å². The van der Waals surface area contributed by atoms with Crippen LogP contribution in [0.25, 0.3) is 0 Å². The van der Waals surface area contributed by atoms with Gasteiger partial charge >= 0.3 is 0 Å². The molecule has 25 heavy (non-hydrogen) atoms. The minimum absolute atomic E-state index is 0.193. The van der Waals surface area contributed by atoms with Crippen molar-refractivity contribution >= 4 is 11.7 Å². The molecule has 0 aromatic carbocycles. The van der Waals surface area contributed by atoms with Gasteiger partial charge in [0.2, 0.25) is 5.91 Å². The summed E-state index contributed by atoms with van der Waals surface area (Å²) in [6, 6.07) is 2.12. The number of carbonyl (C=O) groups is 1. The van der Waals surface area contributed by atoms with E-state index in [4.69, 9.17) is 4.74 Å². The molecule has 136 valence electrons. The quantitative estimate of drug-likeness (QED) is 0.841. The van der Waals surface area contributed by atoms with Crippen LogP contribution in [0.2, 0.25) is 0 Å². The van der Waals surface area contributed by atoms with Crippen LogP contribution in [-0.2, 0) is 9.53 Å². The van der Waals surface area contributed by atoms with E-state index in [9.17, 15) is 4.79 Å². The molecule has 3 saturated heterocycles. The molecule has 0 bridgehead atoms. The van der Waals surface area contributed by atoms with E-state index in [2.05, 4.69) is 25.8 Å². The summed E-state index contributed by atoms with van der Waals surface area (Å²) >= 11 is 0. The zero-order chi connectivity index (χ0) is 17.1. The van der Waals surface area contributed by atoms with Crippen LogP contribution in [-0.4, -0.2) is 60.2 Å². The van der Waals surface area contributed by atoms with Crippen LogP contribution in [0.1, 0.15) is 50.1 Å². The molecule has 1 aromatic rings. The van der Waals surface area contributed by atoms with Gasteiger partial charge in [0, 0.05) is 50.7 Å². The van der Waals surface area contributed by atoms with Crippen molar-refractivity contribution in [2.24, 2.45) is 5.92 Å². The summed E-state index contributed by atoms with van der Waals surface area (Å²) in [6.07, 6.45) is 8.18. The molecular weight excluding hydrogens is 316 g/mol. The molecular formula is C19H28N4O2. The molecule has 0 unspecified atom stereocenters. The van der Waals surface area contributed by atoms with Crippen LogP contribution < -0.4 is 4.90 Å². The molecule has 0 saturated carbocycles. The Bertz CT molecular complexity index is 589. The van der Waals surface area contributed by atoms with Crippen molar-refractivity contribution in [2.75, 3.05) is 44.3 Å². The van der Waals surface area contributed by atoms with E-state index in [1.807, 2.05) is 0 Å². The number of piperidine rings is 2. The van der Waals surface area contributed by atoms with Gasteiger partial charge in [-0.3, -0.25) is 4.79 Å². The highest BCUT2D eigenvalue weighted by atomic mass is 16.5. The molecule has 6 heteroatoms. The summed E-state index contributed by atoms with van der Waals surface area (Å²) in [5.74, 6) is 1.98. The van der Waals surface area contributed by atoms with Crippen molar-refractivity contribution in [1.29, 1.82) is 0 Å². The normalized spacial score (nSPS) is 25.4. The van der Waals surface area contributed by atoms with E-state index >= 15 is 0 Å². The molecule has 4 heterocycles. The van der Waals surface area contributed by atoms with Crippen LogP contribution in [0, 0.1) is 5.92 Å². The van der Waals surface area contributed by atoms with Crippen LogP contribution in [0.15, 0.2) is 12.4 Å². The summed E-state index contributed by atoms with van der Waals surface area (Å²) < 4.78 is 5.48. The van der Waals surface area contributed by atoms with Crippen LogP contribution in [0.5, 0.6) is 0 Å². The number of carbonyl (C=O) groups excluding carboxylic acids is 1. The number of hydrogen-bond donors (Lipinski definition) is 0. The minimum atomic E-state index is 0.193. The molecule has 3 aliphatic rings. The Kier molecular flexibility index (Phi) is 5.15. The third-order valence-corrected chi connectivity index (χ3v) is 5.86. The first kappa shape index (κ1) is 16.8. The van der Waals surface area contributed by atoms with Crippen LogP contribution in [0.3, 0.4) is 0 Å². The van der Waals surface area contributed by atoms with Gasteiger partial charge in [0.15, 0.2) is 0 Å². The zero-order valence-electron chi connectivity index (χ0n) is 14.9. The summed E-state index contributed by atoms with van der Waals surface area (Å²) in [4.78, 5) is 26.0. The third kappa shape index (κ3) is 3.78. The predicted octanol–water partition coefficient (Wildman–Crippen LogP) is 2.21. The SMILES string of the molecule is O=C(C1CCN(c2cc([C@H]3CCOC3)ncn2)CC1)N1CCCCC1. The molecule has 3 fully saturated rings. The molecule has 3 aliphatic heterocycles. The summed E-state index contributed by atoms with van der Waals surface area (Å²) in [7, 11) is 0. The summed E-state index contributed by atoms with van der Waals surface area (Å²) in [6.45, 7) is 5.32. The molecule has 0 spiro atoms. The smallest absolute Gasteiger partial charge is 0.225 e. The lowest BCUT2D eigenvalue weighted by atomic mass is 9.94. The van der Waals surface area contributed by atoms with E-state index in [0.717, 1.165) is 70.2 Å². The van der Waals surface area contributed by atoms with E-state index in [1.54, 1.807) is 6.33 Å². The van der Waals surface area contributed by atoms with Gasteiger partial charge in [-0.05, 0) is 38.5 Å². The second kappa shape index (κ2) is 7.68. The molecule has 0 N–H and O–H groups in total. The van der Waals surface area contributed by atoms with Gasteiger partial charge in [-0.25, -0.2) is 9.97 Å². The van der Waals surface area contributed by atoms with Crippen LogP contribution >= 0.6 is 0 Å². The first-order valence-corrected chi connectivity index (χ1v) is 9.74. The van der Waals surface area contributed by atoms with Crippen molar-refractivity contribution in [3.8, 4) is 0 Å². The lowest BCUT2D eigenvalue weighted by Gasteiger charge is -2.36. The summed E-state index contributed by atoms with van der Waals surface area (Å²) in [5, 5.41) is 0. The fourth-order valence-electron chi connectivity index (χ4n) is 4.25. The minimum Gasteiger partial charge on any atom is -0.381 e. The Morgan fingerprint density at radius 1 is 1.04 bits per heavy atom. The topological polar surface area (TPSA) is 58.6 Å². The number of amides is 1. The Morgan fingerprint density at radius 3 is 2.56 bits per heavy atom. The van der Waals surface area contributed by atoms with Crippen molar-refractivity contribution in [1.82, 2.24) is 14.9 Å². The average molecular weight is 344 g/mol. The number of anilines is 1. The molecule has 0 radical (unpaired) electrons. The largest absolute Gasteiger partial charge is 0.381 e. The maximum Gasteiger partial charge on any atom is 0.225 e. The maximum atomic E-state index is 12.7. The summed E-state index contributed by atoms with van der Waals surface area (Å²) in [5.41, 5.74) is 1.09. The number of ether oxygens (including phenoxy) is 1. The van der Waals surface area contributed by atoms with Crippen molar-refractivity contribution in [2.45, 2.75) is 44.4 Å². The highest BCUT2D eigenvalue weighted by Crippen LogP contribution is 2.28. The van der Waals surface area contributed by atoms with Gasteiger partial charge in [-0.2, -0.15) is 0 Å². The van der Waals surface area contributed by atoms with Crippen LogP contribution in [0.4, 0.5) is 5.82 Å². The third-order valence-electron chi connectivity index (χ3n) is 5.86. The van der Waals surface area contributed by atoms with Gasteiger partial charge in [0.25, 0.3) is 0 Å². The van der Waals surface area contributed by atoms with Gasteiger partial charge in [0.05, 0.1) is 12.3 Å². The Balaban J connectivity index is 1.35. The van der Waals surface area contributed by atoms with Gasteiger partial charge < -0.3 is 14.5 Å². The molecule has 0 aliphatic carbocycles. The molecule has 6 nitrogen and oxygen atoms in total. The highest BCUT2D eigenvalue weighted by molar-refractivity contribution is 5.79. The standard InChI is InChI=1S/C19H28N4O2/c24-19(23-7-2-1-3-8-23)15-4-9-22(10-5-15)18-12-17(20-14-21-18)16-6-11-25-13-16/h12,14-16H,1-11,13H2/t16-/m0/s1.